The van der Waals surface area contributed by atoms with Gasteiger partial charge in [0.1, 0.15) is 0 Å². The van der Waals surface area contributed by atoms with Gasteiger partial charge in [0, 0.05) is 56.1 Å². The van der Waals surface area contributed by atoms with Crippen molar-refractivity contribution < 1.29 is 14.1 Å². The van der Waals surface area contributed by atoms with E-state index < -0.39 is 9.17 Å². The third kappa shape index (κ3) is 67.1. The summed E-state index contributed by atoms with van der Waals surface area (Å²) >= 11 is 0. The number of hydrogen-bond acceptors (Lipinski definition) is 3. The molecule has 0 spiro atoms. The normalized spacial score (nSPS) is 4.00. The molecule has 0 aliphatic carbocycles. The Balaban J connectivity index is -0.0000000450. The summed E-state index contributed by atoms with van der Waals surface area (Å²) in [5.41, 5.74) is 0. The maximum atomic E-state index is 8.52. The van der Waals surface area contributed by atoms with E-state index in [-0.39, 0.29) is 46.9 Å². The van der Waals surface area contributed by atoms with Crippen LogP contribution >= 0.6 is 0 Å². The summed E-state index contributed by atoms with van der Waals surface area (Å²) in [5.74, 6) is 0. The zero-order valence-corrected chi connectivity index (χ0v) is 7.46. The van der Waals surface area contributed by atoms with Crippen LogP contribution in [0.3, 0.4) is 0 Å². The summed E-state index contributed by atoms with van der Waals surface area (Å²) in [5, 5.41) is 0. The first-order valence-electron chi connectivity index (χ1n) is 0.612. The van der Waals surface area contributed by atoms with Crippen molar-refractivity contribution in [2.45, 2.75) is 0 Å². The molecular weight excluding hydrogens is 126 g/mol. The summed E-state index contributed by atoms with van der Waals surface area (Å²) in [6, 6.07) is 0. The summed E-state index contributed by atoms with van der Waals surface area (Å²) in [6.45, 7) is 0. The van der Waals surface area contributed by atoms with Crippen LogP contribution in [0.4, 0.5) is 0 Å². The second-order valence-corrected chi connectivity index (χ2v) is 0.750. The fourth-order valence-electron chi connectivity index (χ4n) is 0. The first-order valence-corrected chi connectivity index (χ1v) is 1.84. The summed E-state index contributed by atoms with van der Waals surface area (Å²) in [6.07, 6.45) is 0. The van der Waals surface area contributed by atoms with Crippen LogP contribution in [0.5, 0.6) is 0 Å². The van der Waals surface area contributed by atoms with Gasteiger partial charge in [-0.2, -0.15) is 0 Å². The molecule has 0 aliphatic heterocycles. The van der Waals surface area contributed by atoms with Crippen LogP contribution in [0.1, 0.15) is 0 Å². The van der Waals surface area contributed by atoms with Crippen LogP contribution < -0.4 is 9.59 Å². The van der Waals surface area contributed by atoms with Crippen LogP contribution in [-0.2, 0) is 4.46 Å². The van der Waals surface area contributed by atoms with E-state index in [1.807, 2.05) is 0 Å². The minimum Gasteiger partial charge on any atom is -0.672 e. The average molecular weight is 126 g/mol. The van der Waals surface area contributed by atoms with Crippen molar-refractivity contribution in [3.05, 3.63) is 0 Å². The fourth-order valence-corrected chi connectivity index (χ4v) is 0. The predicted octanol–water partition coefficient (Wildman–Crippen LogP) is -3.64. The van der Waals surface area contributed by atoms with Gasteiger partial charge in [-0.3, -0.25) is 0 Å². The Morgan fingerprint density at radius 1 is 1.33 bits per heavy atom. The van der Waals surface area contributed by atoms with E-state index in [2.05, 4.69) is 0 Å². The average Bonchev–Trinajstić information content (AvgIpc) is 0.811. The molecule has 0 N–H and O–H groups in total. The van der Waals surface area contributed by atoms with E-state index in [9.17, 15) is 0 Å². The molecule has 0 heterocycles. The first kappa shape index (κ1) is 15.7. The monoisotopic (exact) mass is 126 g/mol. The van der Waals surface area contributed by atoms with E-state index in [0.717, 1.165) is 0 Å². The largest absolute Gasteiger partial charge is 0.672 e. The van der Waals surface area contributed by atoms with Crippen LogP contribution in [0.25, 0.3) is 0 Å². The Bertz CT molecular complexity index is 33.8. The van der Waals surface area contributed by atoms with Crippen LogP contribution in [0.2, 0.25) is 0 Å². The Hall–Kier alpha value is 1.15. The van der Waals surface area contributed by atoms with Gasteiger partial charge in [-0.25, -0.2) is 0 Å². The second-order valence-electron chi connectivity index (χ2n) is 0.250. The minimum atomic E-state index is -3.63. The third-order valence-electron chi connectivity index (χ3n) is 0. The van der Waals surface area contributed by atoms with E-state index in [1.54, 1.807) is 0 Å². The van der Waals surface area contributed by atoms with Gasteiger partial charge in [-0.1, -0.05) is 0 Å². The molecule has 0 amide bonds. The third-order valence-corrected chi connectivity index (χ3v) is 0. The van der Waals surface area contributed by atoms with Crippen LogP contribution in [0, 0.1) is 0 Å². The first-order chi connectivity index (χ1) is 1.73. The van der Waals surface area contributed by atoms with Crippen molar-refractivity contribution in [2.75, 3.05) is 0 Å². The number of rotatable bonds is 0. The molecule has 0 fully saturated rings. The molecule has 0 aromatic carbocycles. The zero-order chi connectivity index (χ0) is 3.58. The topological polar surface area (TPSA) is 63.2 Å². The standard InChI is InChI=1S/Al.Na.O3Si/c;;1-4(2)3/q;;-2. The number of hydrogen-bond donors (Lipinski definition) is 0. The Morgan fingerprint density at radius 3 is 1.33 bits per heavy atom. The molecule has 0 saturated heterocycles. The quantitative estimate of drug-likeness (QED) is 0.314. The van der Waals surface area contributed by atoms with Crippen molar-refractivity contribution in [1.82, 2.24) is 0 Å². The fraction of sp³-hybridized carbons (Fsp3) is 0. The SMILES string of the molecule is O=[Si]([O-])[O-].[Al].[Na]. The molecule has 28 valence electrons. The molecule has 0 unspecified atom stereocenters. The molecular formula is AlNaO3Si-2. The molecule has 4 radical (unpaired) electrons. The van der Waals surface area contributed by atoms with Gasteiger partial charge in [0.2, 0.25) is 0 Å². The molecule has 0 aromatic rings. The van der Waals surface area contributed by atoms with Gasteiger partial charge >= 0.3 is 0 Å². The van der Waals surface area contributed by atoms with Crippen molar-refractivity contribution in [3.63, 3.8) is 0 Å². The molecule has 6 heavy (non-hydrogen) atoms. The van der Waals surface area contributed by atoms with Crippen molar-refractivity contribution >= 4 is 56.1 Å². The van der Waals surface area contributed by atoms with E-state index in [4.69, 9.17) is 14.1 Å². The Morgan fingerprint density at radius 2 is 1.33 bits per heavy atom. The van der Waals surface area contributed by atoms with Gasteiger partial charge in [0.05, 0.1) is 0 Å². The second kappa shape index (κ2) is 9.47. The van der Waals surface area contributed by atoms with E-state index >= 15 is 0 Å². The van der Waals surface area contributed by atoms with Gasteiger partial charge < -0.3 is 14.1 Å². The van der Waals surface area contributed by atoms with E-state index in [1.165, 1.54) is 0 Å². The zero-order valence-electron chi connectivity index (χ0n) is 3.30. The van der Waals surface area contributed by atoms with Crippen LogP contribution in [0.15, 0.2) is 0 Å². The summed E-state index contributed by atoms with van der Waals surface area (Å²) < 4.78 is 8.52. The van der Waals surface area contributed by atoms with E-state index in [0.29, 0.717) is 0 Å². The van der Waals surface area contributed by atoms with Gasteiger partial charge in [-0.15, -0.1) is 0 Å². The summed E-state index contributed by atoms with van der Waals surface area (Å²) in [4.78, 5) is 17.0. The smallest absolute Gasteiger partial charge is 0.0172 e. The Kier molecular flexibility index (Phi) is 24.8. The van der Waals surface area contributed by atoms with Gasteiger partial charge in [0.15, 0.2) is 0 Å². The molecule has 6 heteroatoms. The molecule has 0 saturated carbocycles. The maximum absolute atomic E-state index is 8.52. The minimum absolute atomic E-state index is 0. The molecule has 0 atom stereocenters. The van der Waals surface area contributed by atoms with Gasteiger partial charge in [0.25, 0.3) is 0 Å². The summed E-state index contributed by atoms with van der Waals surface area (Å²) in [7, 11) is -3.63. The molecule has 0 rings (SSSR count). The maximum Gasteiger partial charge on any atom is 0.0172 e. The van der Waals surface area contributed by atoms with Crippen molar-refractivity contribution in [3.8, 4) is 0 Å². The molecule has 3 nitrogen and oxygen atoms in total. The van der Waals surface area contributed by atoms with Crippen molar-refractivity contribution in [2.24, 2.45) is 0 Å². The van der Waals surface area contributed by atoms with Crippen LogP contribution in [-0.4, -0.2) is 56.1 Å². The molecule has 0 aliphatic rings. The van der Waals surface area contributed by atoms with Crippen molar-refractivity contribution in [1.29, 1.82) is 0 Å². The molecule has 0 aromatic heterocycles. The Labute approximate surface area is 69.7 Å². The molecule has 0 bridgehead atoms. The van der Waals surface area contributed by atoms with Gasteiger partial charge in [-0.05, 0) is 0 Å². The predicted molar refractivity (Wildman–Crippen MR) is 17.9 cm³/mol.